The van der Waals surface area contributed by atoms with Crippen LogP contribution in [0.1, 0.15) is 43.6 Å². The van der Waals surface area contributed by atoms with Gasteiger partial charge >= 0.3 is 5.97 Å². The summed E-state index contributed by atoms with van der Waals surface area (Å²) in [5, 5.41) is 16.3. The van der Waals surface area contributed by atoms with E-state index in [9.17, 15) is 9.90 Å². The van der Waals surface area contributed by atoms with Crippen LogP contribution in [-0.2, 0) is 16.1 Å². The highest BCUT2D eigenvalue weighted by Crippen LogP contribution is 2.44. The van der Waals surface area contributed by atoms with Crippen molar-refractivity contribution in [3.8, 4) is 33.0 Å². The molecule has 222 valence electrons. The molecular formula is C35H31ClN4O3S. The van der Waals surface area contributed by atoms with Gasteiger partial charge in [-0.3, -0.25) is 9.67 Å². The minimum atomic E-state index is -1.17. The Morgan fingerprint density at radius 2 is 1.77 bits per heavy atom. The van der Waals surface area contributed by atoms with Crippen molar-refractivity contribution in [2.75, 3.05) is 0 Å². The number of hydrogen-bond donors (Lipinski definition) is 1. The highest BCUT2D eigenvalue weighted by atomic mass is 35.5. The molecule has 0 unspecified atom stereocenters. The van der Waals surface area contributed by atoms with Crippen molar-refractivity contribution in [3.05, 3.63) is 113 Å². The van der Waals surface area contributed by atoms with Gasteiger partial charge in [0.05, 0.1) is 34.3 Å². The van der Waals surface area contributed by atoms with Crippen LogP contribution < -0.4 is 0 Å². The average Bonchev–Trinajstić information content (AvgIpc) is 3.63. The highest BCUT2D eigenvalue weighted by Gasteiger charge is 2.32. The van der Waals surface area contributed by atoms with Crippen molar-refractivity contribution in [1.82, 2.24) is 19.7 Å². The number of nitrogens with zero attached hydrogens (tertiary/aromatic N) is 4. The molecule has 0 aliphatic heterocycles. The first-order valence-corrected chi connectivity index (χ1v) is 15.4. The molecule has 0 bridgehead atoms. The van der Waals surface area contributed by atoms with Gasteiger partial charge in [0.15, 0.2) is 6.10 Å². The van der Waals surface area contributed by atoms with Crippen molar-refractivity contribution in [2.45, 2.75) is 45.9 Å². The van der Waals surface area contributed by atoms with Gasteiger partial charge in [-0.15, -0.1) is 11.3 Å². The molecule has 0 aliphatic carbocycles. The van der Waals surface area contributed by atoms with Gasteiger partial charge in [0.2, 0.25) is 0 Å². The third kappa shape index (κ3) is 6.28. The second kappa shape index (κ2) is 12.0. The largest absolute Gasteiger partial charge is 0.479 e. The molecule has 0 saturated heterocycles. The number of rotatable bonds is 8. The summed E-state index contributed by atoms with van der Waals surface area (Å²) in [6.07, 6.45) is 4.42. The van der Waals surface area contributed by atoms with Crippen LogP contribution in [0.15, 0.2) is 91.4 Å². The summed E-state index contributed by atoms with van der Waals surface area (Å²) in [6, 6.07) is 23.5. The topological polar surface area (TPSA) is 90.1 Å². The smallest absolute Gasteiger partial charge is 0.337 e. The van der Waals surface area contributed by atoms with Crippen LogP contribution in [0.3, 0.4) is 0 Å². The Balaban J connectivity index is 1.45. The van der Waals surface area contributed by atoms with E-state index in [0.717, 1.165) is 48.7 Å². The monoisotopic (exact) mass is 622 g/mol. The summed E-state index contributed by atoms with van der Waals surface area (Å²) in [5.74, 6) is -1.05. The van der Waals surface area contributed by atoms with E-state index in [4.69, 9.17) is 21.3 Å². The maximum Gasteiger partial charge on any atom is 0.337 e. The molecule has 1 N–H and O–H groups in total. The van der Waals surface area contributed by atoms with Crippen LogP contribution in [0.2, 0.25) is 5.02 Å². The van der Waals surface area contributed by atoms with Gasteiger partial charge in [0, 0.05) is 39.7 Å². The zero-order valence-corrected chi connectivity index (χ0v) is 26.4. The highest BCUT2D eigenvalue weighted by molar-refractivity contribution is 7.22. The van der Waals surface area contributed by atoms with E-state index in [1.54, 1.807) is 6.20 Å². The molecular weight excluding hydrogens is 592 g/mol. The molecule has 3 aromatic carbocycles. The molecule has 6 rings (SSSR count). The van der Waals surface area contributed by atoms with Crippen LogP contribution in [0.4, 0.5) is 0 Å². The first-order valence-electron chi connectivity index (χ1n) is 14.2. The van der Waals surface area contributed by atoms with E-state index in [-0.39, 0.29) is 0 Å². The minimum absolute atomic E-state index is 0.598. The Hall–Kier alpha value is -4.37. The van der Waals surface area contributed by atoms with Crippen LogP contribution in [0.5, 0.6) is 0 Å². The summed E-state index contributed by atoms with van der Waals surface area (Å²) in [6.45, 7) is 8.15. The predicted molar refractivity (Wildman–Crippen MR) is 176 cm³/mol. The van der Waals surface area contributed by atoms with Crippen molar-refractivity contribution >= 4 is 39.1 Å². The molecule has 0 spiro atoms. The van der Waals surface area contributed by atoms with Gasteiger partial charge < -0.3 is 9.84 Å². The number of carboxylic acid groups (broad SMARTS) is 1. The van der Waals surface area contributed by atoms with Crippen molar-refractivity contribution in [1.29, 1.82) is 0 Å². The third-order valence-electron chi connectivity index (χ3n) is 7.14. The number of aromatic nitrogens is 4. The van der Waals surface area contributed by atoms with E-state index >= 15 is 0 Å². The number of carboxylic acids is 1. The Kier molecular flexibility index (Phi) is 8.07. The molecule has 0 amide bonds. The van der Waals surface area contributed by atoms with E-state index in [1.165, 1.54) is 16.9 Å². The average molecular weight is 623 g/mol. The molecule has 7 nitrogen and oxygen atoms in total. The van der Waals surface area contributed by atoms with Gasteiger partial charge in [0.1, 0.15) is 5.01 Å². The van der Waals surface area contributed by atoms with Gasteiger partial charge in [-0.2, -0.15) is 5.10 Å². The number of pyridine rings is 1. The third-order valence-corrected chi connectivity index (χ3v) is 8.53. The quantitative estimate of drug-likeness (QED) is 0.182. The maximum absolute atomic E-state index is 12.6. The van der Waals surface area contributed by atoms with Gasteiger partial charge in [0.25, 0.3) is 0 Å². The molecule has 3 aromatic heterocycles. The summed E-state index contributed by atoms with van der Waals surface area (Å²) in [7, 11) is 0. The van der Waals surface area contributed by atoms with E-state index in [2.05, 4.69) is 22.2 Å². The lowest BCUT2D eigenvalue weighted by molar-refractivity contribution is -0.160. The fourth-order valence-corrected chi connectivity index (χ4v) is 6.48. The number of thiazole rings is 1. The SMILES string of the molecule is Cc1cc2nc(-c3ccnc(-c4cnn(Cc5ccccc5)c4)c3)sc2c(-c2ccc(Cl)cc2)c1[C@H](OC(C)(C)C)C(=O)O. The normalized spacial score (nSPS) is 12.5. The standard InChI is InChI=1S/C35H31ClN4O3S/c1-21-16-28-32(30(23-10-12-26(36)13-11-23)29(21)31(34(41)42)43-35(2,3)4)44-33(39-28)24-14-15-37-27(17-24)25-18-38-40(20-25)19-22-8-6-5-7-9-22/h5-18,20,31H,19H2,1-4H3,(H,41,42)/t31-/m0/s1. The molecule has 0 radical (unpaired) electrons. The van der Waals surface area contributed by atoms with Crippen LogP contribution in [0.25, 0.3) is 43.2 Å². The molecule has 44 heavy (non-hydrogen) atoms. The van der Waals surface area contributed by atoms with Gasteiger partial charge in [-0.1, -0.05) is 54.1 Å². The Labute approximate surface area is 264 Å². The van der Waals surface area contributed by atoms with E-state index < -0.39 is 17.7 Å². The number of aliphatic carboxylic acids is 1. The first kappa shape index (κ1) is 29.7. The van der Waals surface area contributed by atoms with Crippen LogP contribution >= 0.6 is 22.9 Å². The zero-order chi connectivity index (χ0) is 31.0. The van der Waals surface area contributed by atoms with Crippen LogP contribution in [-0.4, -0.2) is 36.4 Å². The molecule has 1 atom stereocenters. The Bertz CT molecular complexity index is 1960. The molecule has 3 heterocycles. The number of hydrogen-bond acceptors (Lipinski definition) is 6. The van der Waals surface area contributed by atoms with Crippen molar-refractivity contribution < 1.29 is 14.6 Å². The van der Waals surface area contributed by atoms with Gasteiger partial charge in [-0.25, -0.2) is 9.78 Å². The number of benzene rings is 3. The van der Waals surface area contributed by atoms with E-state index in [1.807, 2.05) is 105 Å². The van der Waals surface area contributed by atoms with Gasteiger partial charge in [-0.05, 0) is 74.7 Å². The lowest BCUT2D eigenvalue weighted by Gasteiger charge is -2.28. The van der Waals surface area contributed by atoms with E-state index in [0.29, 0.717) is 17.1 Å². The molecule has 0 saturated carbocycles. The predicted octanol–water partition coefficient (Wildman–Crippen LogP) is 8.84. The van der Waals surface area contributed by atoms with Crippen LogP contribution in [0, 0.1) is 6.92 Å². The molecule has 0 aliphatic rings. The van der Waals surface area contributed by atoms with Crippen molar-refractivity contribution in [3.63, 3.8) is 0 Å². The summed E-state index contributed by atoms with van der Waals surface area (Å²) >= 11 is 7.76. The number of fused-ring (bicyclic) bond motifs is 1. The molecule has 9 heteroatoms. The van der Waals surface area contributed by atoms with Crippen molar-refractivity contribution in [2.24, 2.45) is 0 Å². The Morgan fingerprint density at radius 3 is 2.48 bits per heavy atom. The fourth-order valence-electron chi connectivity index (χ4n) is 5.24. The molecule has 6 aromatic rings. The summed E-state index contributed by atoms with van der Waals surface area (Å²) in [4.78, 5) is 22.3. The first-order chi connectivity index (χ1) is 21.1. The molecule has 0 fully saturated rings. The maximum atomic E-state index is 12.6. The number of ether oxygens (including phenoxy) is 1. The second-order valence-electron chi connectivity index (χ2n) is 11.6. The zero-order valence-electron chi connectivity index (χ0n) is 24.8. The lowest BCUT2D eigenvalue weighted by Crippen LogP contribution is -2.28. The number of carbonyl (C=O) groups is 1. The number of halogens is 1. The lowest BCUT2D eigenvalue weighted by atomic mass is 9.91. The minimum Gasteiger partial charge on any atom is -0.479 e. The second-order valence-corrected chi connectivity index (χ2v) is 13.1. The Morgan fingerprint density at radius 1 is 1.02 bits per heavy atom. The summed E-state index contributed by atoms with van der Waals surface area (Å²) < 4.78 is 8.92. The number of aryl methyl sites for hydroxylation is 1. The fraction of sp³-hybridized carbons (Fsp3) is 0.200. The summed E-state index contributed by atoms with van der Waals surface area (Å²) in [5.41, 5.74) is 6.92.